The van der Waals surface area contributed by atoms with Crippen LogP contribution in [0.15, 0.2) is 79.6 Å². The third-order valence-corrected chi connectivity index (χ3v) is 4.88. The summed E-state index contributed by atoms with van der Waals surface area (Å²) in [4.78, 5) is 37.5. The number of rotatable bonds is 7. The molecule has 0 spiro atoms. The molecule has 0 unspecified atom stereocenters. The molecule has 2 aromatic heterocycles. The maximum Gasteiger partial charge on any atom is 0.276 e. The Morgan fingerprint density at radius 3 is 2.16 bits per heavy atom. The molecule has 2 amide bonds. The van der Waals surface area contributed by atoms with Gasteiger partial charge in [-0.3, -0.25) is 9.59 Å². The number of halogens is 1. The van der Waals surface area contributed by atoms with Gasteiger partial charge in [0.15, 0.2) is 11.4 Å². The molecule has 2 heterocycles. The van der Waals surface area contributed by atoms with E-state index in [0.29, 0.717) is 17.3 Å². The predicted molar refractivity (Wildman–Crippen MR) is 120 cm³/mol. The highest BCUT2D eigenvalue weighted by molar-refractivity contribution is 6.30. The van der Waals surface area contributed by atoms with Gasteiger partial charge in [0.1, 0.15) is 0 Å². The average Bonchev–Trinajstić information content (AvgIpc) is 3.33. The Morgan fingerprint density at radius 2 is 1.50 bits per heavy atom. The lowest BCUT2D eigenvalue weighted by atomic mass is 10.1. The van der Waals surface area contributed by atoms with E-state index in [1.54, 1.807) is 36.8 Å². The summed E-state index contributed by atoms with van der Waals surface area (Å²) in [5.74, 6) is -1.02. The number of anilines is 1. The van der Waals surface area contributed by atoms with Crippen molar-refractivity contribution in [1.29, 1.82) is 0 Å². The highest BCUT2D eigenvalue weighted by Gasteiger charge is 2.20. The number of amides is 2. The van der Waals surface area contributed by atoms with E-state index in [-0.39, 0.29) is 11.4 Å². The maximum atomic E-state index is 12.7. The first kappa shape index (κ1) is 21.2. The highest BCUT2D eigenvalue weighted by Crippen LogP contribution is 2.15. The number of nitrogens with one attached hydrogen (secondary N) is 2. The number of carbonyl (C=O) groups is 2. The third kappa shape index (κ3) is 5.35. The summed E-state index contributed by atoms with van der Waals surface area (Å²) in [6, 6.07) is 14.5. The molecule has 0 saturated heterocycles. The molecular formula is C23H19ClN6O2. The highest BCUT2D eigenvalue weighted by atomic mass is 35.5. The Hall–Kier alpha value is -4.04. The van der Waals surface area contributed by atoms with Gasteiger partial charge in [0.25, 0.3) is 11.8 Å². The Balaban J connectivity index is 1.39. The number of imidazole rings is 1. The van der Waals surface area contributed by atoms with Crippen LogP contribution in [0, 0.1) is 0 Å². The van der Waals surface area contributed by atoms with Gasteiger partial charge in [-0.15, -0.1) is 0 Å². The molecule has 0 aliphatic carbocycles. The zero-order valence-electron chi connectivity index (χ0n) is 16.9. The summed E-state index contributed by atoms with van der Waals surface area (Å²) in [6.07, 6.45) is 8.14. The average molecular weight is 447 g/mol. The van der Waals surface area contributed by atoms with Crippen molar-refractivity contribution >= 4 is 29.1 Å². The van der Waals surface area contributed by atoms with Gasteiger partial charge in [-0.1, -0.05) is 35.9 Å². The largest absolute Gasteiger partial charge is 0.347 e. The lowest BCUT2D eigenvalue weighted by Gasteiger charge is -2.10. The Morgan fingerprint density at radius 1 is 0.844 bits per heavy atom. The number of aromatic nitrogens is 4. The summed E-state index contributed by atoms with van der Waals surface area (Å²) < 4.78 is 1.97. The van der Waals surface area contributed by atoms with Crippen LogP contribution in [0.2, 0.25) is 5.02 Å². The van der Waals surface area contributed by atoms with Crippen LogP contribution >= 0.6 is 11.6 Å². The quantitative estimate of drug-likeness (QED) is 0.452. The Labute approximate surface area is 189 Å². The fourth-order valence-corrected chi connectivity index (χ4v) is 3.14. The fourth-order valence-electron chi connectivity index (χ4n) is 3.01. The molecule has 4 rings (SSSR count). The van der Waals surface area contributed by atoms with E-state index < -0.39 is 11.8 Å². The Kier molecular flexibility index (Phi) is 6.52. The van der Waals surface area contributed by atoms with E-state index in [1.165, 1.54) is 12.4 Å². The molecule has 8 nitrogen and oxygen atoms in total. The van der Waals surface area contributed by atoms with Gasteiger partial charge >= 0.3 is 0 Å². The first-order chi connectivity index (χ1) is 15.6. The molecular weight excluding hydrogens is 428 g/mol. The van der Waals surface area contributed by atoms with Gasteiger partial charge in [0, 0.05) is 48.6 Å². The van der Waals surface area contributed by atoms with Gasteiger partial charge in [-0.2, -0.15) is 0 Å². The summed E-state index contributed by atoms with van der Waals surface area (Å²) in [5.41, 5.74) is 2.47. The monoisotopic (exact) mass is 446 g/mol. The number of nitrogens with zero attached hydrogens (tertiary/aromatic N) is 4. The minimum absolute atomic E-state index is 0.0457. The van der Waals surface area contributed by atoms with Crippen LogP contribution in [0.4, 0.5) is 5.69 Å². The molecule has 32 heavy (non-hydrogen) atoms. The van der Waals surface area contributed by atoms with E-state index >= 15 is 0 Å². The lowest BCUT2D eigenvalue weighted by molar-refractivity contribution is 0.0931. The second-order valence-electron chi connectivity index (χ2n) is 6.95. The molecule has 4 aromatic rings. The normalized spacial score (nSPS) is 10.5. The van der Waals surface area contributed by atoms with Crippen LogP contribution in [0.25, 0.3) is 0 Å². The number of hydrogen-bond donors (Lipinski definition) is 2. The van der Waals surface area contributed by atoms with Crippen LogP contribution in [0.3, 0.4) is 0 Å². The molecule has 0 aliphatic rings. The number of carbonyl (C=O) groups excluding carboxylic acids is 2. The molecule has 2 N–H and O–H groups in total. The van der Waals surface area contributed by atoms with Crippen molar-refractivity contribution in [2.45, 2.75) is 13.1 Å². The molecule has 0 fully saturated rings. The Bertz CT molecular complexity index is 1210. The summed E-state index contributed by atoms with van der Waals surface area (Å²) in [6.45, 7) is 1.01. The standard InChI is InChI=1S/C23H19ClN6O2/c24-18-5-7-19(8-6-18)29-23(32)21-20(26-9-10-27-21)22(31)28-13-16-1-3-17(4-2-16)14-30-12-11-25-15-30/h1-12,15H,13-14H2,(H,28,31)(H,29,32). The van der Waals surface area contributed by atoms with E-state index in [1.807, 2.05) is 35.0 Å². The van der Waals surface area contributed by atoms with Gasteiger partial charge in [-0.25, -0.2) is 15.0 Å². The van der Waals surface area contributed by atoms with Crippen molar-refractivity contribution in [3.05, 3.63) is 107 Å². The number of hydrogen-bond acceptors (Lipinski definition) is 5. The van der Waals surface area contributed by atoms with Gasteiger partial charge in [-0.05, 0) is 35.4 Å². The first-order valence-electron chi connectivity index (χ1n) is 9.78. The van der Waals surface area contributed by atoms with Gasteiger partial charge in [0.2, 0.25) is 0 Å². The molecule has 9 heteroatoms. The molecule has 0 saturated carbocycles. The van der Waals surface area contributed by atoms with Crippen molar-refractivity contribution in [3.8, 4) is 0 Å². The molecule has 0 aliphatic heterocycles. The number of benzene rings is 2. The molecule has 0 bridgehead atoms. The van der Waals surface area contributed by atoms with Gasteiger partial charge in [0.05, 0.1) is 6.33 Å². The predicted octanol–water partition coefficient (Wildman–Crippen LogP) is 3.56. The van der Waals surface area contributed by atoms with Crippen LogP contribution in [0.5, 0.6) is 0 Å². The third-order valence-electron chi connectivity index (χ3n) is 4.63. The first-order valence-corrected chi connectivity index (χ1v) is 10.2. The zero-order chi connectivity index (χ0) is 22.3. The summed E-state index contributed by atoms with van der Waals surface area (Å²) in [5, 5.41) is 6.04. The topological polar surface area (TPSA) is 102 Å². The fraction of sp³-hybridized carbons (Fsp3) is 0.0870. The van der Waals surface area contributed by atoms with E-state index in [2.05, 4.69) is 25.6 Å². The van der Waals surface area contributed by atoms with Crippen molar-refractivity contribution < 1.29 is 9.59 Å². The summed E-state index contributed by atoms with van der Waals surface area (Å²) in [7, 11) is 0. The second-order valence-corrected chi connectivity index (χ2v) is 7.39. The van der Waals surface area contributed by atoms with E-state index in [4.69, 9.17) is 11.6 Å². The molecule has 2 aromatic carbocycles. The van der Waals surface area contributed by atoms with Crippen LogP contribution < -0.4 is 10.6 Å². The maximum absolute atomic E-state index is 12.7. The van der Waals surface area contributed by atoms with Crippen LogP contribution in [-0.4, -0.2) is 31.3 Å². The van der Waals surface area contributed by atoms with Crippen molar-refractivity contribution in [3.63, 3.8) is 0 Å². The lowest BCUT2D eigenvalue weighted by Crippen LogP contribution is -2.28. The molecule has 0 atom stereocenters. The SMILES string of the molecule is O=C(NCc1ccc(Cn2ccnc2)cc1)c1nccnc1C(=O)Nc1ccc(Cl)cc1. The summed E-state index contributed by atoms with van der Waals surface area (Å²) >= 11 is 5.87. The minimum Gasteiger partial charge on any atom is -0.347 e. The zero-order valence-corrected chi connectivity index (χ0v) is 17.7. The minimum atomic E-state index is -0.533. The van der Waals surface area contributed by atoms with Crippen molar-refractivity contribution in [2.75, 3.05) is 5.32 Å². The van der Waals surface area contributed by atoms with Crippen molar-refractivity contribution in [2.24, 2.45) is 0 Å². The van der Waals surface area contributed by atoms with E-state index in [0.717, 1.165) is 17.7 Å². The molecule has 0 radical (unpaired) electrons. The second kappa shape index (κ2) is 9.84. The van der Waals surface area contributed by atoms with E-state index in [9.17, 15) is 9.59 Å². The smallest absolute Gasteiger partial charge is 0.276 e. The van der Waals surface area contributed by atoms with Crippen LogP contribution in [0.1, 0.15) is 32.1 Å². The van der Waals surface area contributed by atoms with Crippen molar-refractivity contribution in [1.82, 2.24) is 24.8 Å². The van der Waals surface area contributed by atoms with Crippen LogP contribution in [-0.2, 0) is 13.1 Å². The molecule has 160 valence electrons. The van der Waals surface area contributed by atoms with Gasteiger partial charge < -0.3 is 15.2 Å².